The van der Waals surface area contributed by atoms with E-state index in [1.807, 2.05) is 0 Å². The Morgan fingerprint density at radius 1 is 0.630 bits per heavy atom. The first-order valence-electron chi connectivity index (χ1n) is 9.72. The molecule has 6 aliphatic heterocycles. The van der Waals surface area contributed by atoms with Crippen LogP contribution in [0.3, 0.4) is 0 Å². The van der Waals surface area contributed by atoms with Crippen LogP contribution in [0.5, 0.6) is 0 Å². The van der Waals surface area contributed by atoms with Crippen LogP contribution in [0.4, 0.5) is 0 Å². The molecule has 0 aromatic heterocycles. The summed E-state index contributed by atoms with van der Waals surface area (Å²) in [6.07, 6.45) is 16.1. The number of hydrogen-bond acceptors (Lipinski definition) is 0. The molecule has 1 spiro atoms. The fourth-order valence-electron chi connectivity index (χ4n) is 6.29. The van der Waals surface area contributed by atoms with Crippen LogP contribution in [0, 0.1) is 0 Å². The molecule has 0 saturated heterocycles. The summed E-state index contributed by atoms with van der Waals surface area (Å²) in [5.74, 6) is 0. The second-order valence-corrected chi connectivity index (χ2v) is 8.25. The molecule has 2 nitrogen and oxygen atoms in total. The van der Waals surface area contributed by atoms with Gasteiger partial charge in [-0.15, -0.1) is 9.15 Å². The van der Waals surface area contributed by atoms with E-state index >= 15 is 0 Å². The van der Waals surface area contributed by atoms with Gasteiger partial charge in [0.1, 0.15) is 11.1 Å². The molecule has 6 heterocycles. The molecule has 0 saturated carbocycles. The van der Waals surface area contributed by atoms with Gasteiger partial charge in [0, 0.05) is 36.5 Å². The number of nitrogens with zero attached hydrogens (tertiary/aromatic N) is 2. The van der Waals surface area contributed by atoms with E-state index in [-0.39, 0.29) is 5.66 Å². The highest BCUT2D eigenvalue weighted by molar-refractivity contribution is 6.01. The minimum atomic E-state index is -0.264. The zero-order valence-electron chi connectivity index (χ0n) is 14.7. The molecule has 6 aliphatic rings. The zero-order chi connectivity index (χ0) is 17.3. The molecule has 0 N–H and O–H groups in total. The molecule has 2 aromatic carbocycles. The summed E-state index contributed by atoms with van der Waals surface area (Å²) in [7, 11) is 0. The predicted molar refractivity (Wildman–Crippen MR) is 106 cm³/mol. The van der Waals surface area contributed by atoms with E-state index in [9.17, 15) is 0 Å². The van der Waals surface area contributed by atoms with Crippen LogP contribution >= 0.6 is 0 Å². The third-order valence-corrected chi connectivity index (χ3v) is 7.04. The summed E-state index contributed by atoms with van der Waals surface area (Å²) < 4.78 is 5.26. The highest BCUT2D eigenvalue weighted by Crippen LogP contribution is 2.55. The standard InChI is InChI=1S/C25H16N2/c1-3-15-11-19-7-9-21-13-17-5-2-6-18-14-22-10-8-20-12-16(4-1)23(15)25(24(17)18,26(19)21)27(20)22/h1-11,14H,12-13H2/q+2. The van der Waals surface area contributed by atoms with E-state index < -0.39 is 0 Å². The zero-order valence-corrected chi connectivity index (χ0v) is 14.7. The van der Waals surface area contributed by atoms with Crippen LogP contribution in [0.15, 0.2) is 72.1 Å². The Bertz CT molecular complexity index is 1250. The average Bonchev–Trinajstić information content (AvgIpc) is 3.28. The van der Waals surface area contributed by atoms with Gasteiger partial charge in [-0.1, -0.05) is 36.4 Å². The normalized spacial score (nSPS) is 22.7. The van der Waals surface area contributed by atoms with Gasteiger partial charge in [-0.05, 0) is 22.3 Å². The SMILES string of the molecule is C1=CC2=[N+]3C1=Cc1cccc4c1C31c3c(cccc3C2)C=C2C=CC(=[N+]21)C4. The molecular formula is C25H16N2+2. The lowest BCUT2D eigenvalue weighted by Crippen LogP contribution is -2.59. The average molecular weight is 344 g/mol. The Hall–Kier alpha value is -3.26. The van der Waals surface area contributed by atoms with E-state index in [1.165, 1.54) is 56.2 Å². The molecule has 0 unspecified atom stereocenters. The summed E-state index contributed by atoms with van der Waals surface area (Å²) in [6.45, 7) is 0. The van der Waals surface area contributed by atoms with Crippen LogP contribution in [-0.4, -0.2) is 20.6 Å². The smallest absolute Gasteiger partial charge is 0.123 e. The van der Waals surface area contributed by atoms with E-state index in [2.05, 4.69) is 82.0 Å². The molecule has 0 aliphatic carbocycles. The van der Waals surface area contributed by atoms with Crippen molar-refractivity contribution in [2.75, 3.05) is 0 Å². The lowest BCUT2D eigenvalue weighted by molar-refractivity contribution is -0.789. The van der Waals surface area contributed by atoms with Crippen molar-refractivity contribution < 1.29 is 9.15 Å². The Balaban J connectivity index is 1.70. The molecule has 0 radical (unpaired) electrons. The summed E-state index contributed by atoms with van der Waals surface area (Å²) in [4.78, 5) is 0. The lowest BCUT2D eigenvalue weighted by atomic mass is 9.71. The molecule has 0 fully saturated rings. The van der Waals surface area contributed by atoms with Crippen LogP contribution in [0.1, 0.15) is 33.4 Å². The first kappa shape index (κ1) is 13.0. The fraction of sp³-hybridized carbons (Fsp3) is 0.120. The first-order chi connectivity index (χ1) is 13.4. The van der Waals surface area contributed by atoms with Crippen molar-refractivity contribution in [1.82, 2.24) is 0 Å². The van der Waals surface area contributed by atoms with Gasteiger partial charge in [-0.25, -0.2) is 0 Å². The van der Waals surface area contributed by atoms with Gasteiger partial charge >= 0.3 is 5.66 Å². The first-order valence-corrected chi connectivity index (χ1v) is 9.72. The van der Waals surface area contributed by atoms with Gasteiger partial charge in [0.25, 0.3) is 0 Å². The van der Waals surface area contributed by atoms with Crippen LogP contribution in [-0.2, 0) is 18.5 Å². The Morgan fingerprint density at radius 2 is 1.15 bits per heavy atom. The predicted octanol–water partition coefficient (Wildman–Crippen LogP) is 3.76. The maximum absolute atomic E-state index is 2.63. The monoisotopic (exact) mass is 344 g/mol. The number of rotatable bonds is 0. The summed E-state index contributed by atoms with van der Waals surface area (Å²) in [6, 6.07) is 13.7. The topological polar surface area (TPSA) is 6.02 Å². The Labute approximate surface area is 157 Å². The van der Waals surface area contributed by atoms with Gasteiger partial charge < -0.3 is 0 Å². The van der Waals surface area contributed by atoms with E-state index in [0.717, 1.165) is 12.8 Å². The van der Waals surface area contributed by atoms with E-state index in [1.54, 1.807) is 0 Å². The molecule has 2 aromatic rings. The summed E-state index contributed by atoms with van der Waals surface area (Å²) in [5, 5.41) is 0. The van der Waals surface area contributed by atoms with Crippen molar-refractivity contribution in [3.63, 3.8) is 0 Å². The van der Waals surface area contributed by atoms with Crippen LogP contribution in [0.2, 0.25) is 0 Å². The highest BCUT2D eigenvalue weighted by atomic mass is 15.4. The molecular weight excluding hydrogens is 328 g/mol. The molecule has 8 rings (SSSR count). The van der Waals surface area contributed by atoms with Gasteiger partial charge in [0.05, 0.1) is 12.8 Å². The van der Waals surface area contributed by atoms with Crippen molar-refractivity contribution in [2.24, 2.45) is 0 Å². The molecule has 2 heteroatoms. The van der Waals surface area contributed by atoms with Crippen LogP contribution in [0.25, 0.3) is 12.2 Å². The third kappa shape index (κ3) is 1.19. The molecule has 124 valence electrons. The molecule has 0 bridgehead atoms. The fourth-order valence-corrected chi connectivity index (χ4v) is 6.29. The van der Waals surface area contributed by atoms with Gasteiger partial charge in [-0.3, -0.25) is 0 Å². The lowest BCUT2D eigenvalue weighted by Gasteiger charge is -2.40. The maximum atomic E-state index is 2.63. The second kappa shape index (κ2) is 3.86. The third-order valence-electron chi connectivity index (χ3n) is 7.04. The molecule has 0 atom stereocenters. The van der Waals surface area contributed by atoms with Gasteiger partial charge in [0.15, 0.2) is 11.4 Å². The second-order valence-electron chi connectivity index (χ2n) is 8.25. The van der Waals surface area contributed by atoms with Crippen molar-refractivity contribution in [3.05, 3.63) is 105 Å². The Morgan fingerprint density at radius 3 is 1.67 bits per heavy atom. The molecule has 0 amide bonds. The Kier molecular flexibility index (Phi) is 1.86. The number of benzene rings is 2. The minimum Gasteiger partial charge on any atom is -0.123 e. The quantitative estimate of drug-likeness (QED) is 0.642. The maximum Gasteiger partial charge on any atom is 0.418 e. The van der Waals surface area contributed by atoms with Gasteiger partial charge in [0.2, 0.25) is 11.4 Å². The summed E-state index contributed by atoms with van der Waals surface area (Å²) in [5.41, 5.74) is 13.9. The van der Waals surface area contributed by atoms with Gasteiger partial charge in [-0.2, -0.15) is 0 Å². The van der Waals surface area contributed by atoms with Crippen molar-refractivity contribution >= 4 is 23.6 Å². The van der Waals surface area contributed by atoms with E-state index in [4.69, 9.17) is 0 Å². The number of allylic oxidation sites excluding steroid dienone is 4. The highest BCUT2D eigenvalue weighted by Gasteiger charge is 2.70. The minimum absolute atomic E-state index is 0.264. The summed E-state index contributed by atoms with van der Waals surface area (Å²) >= 11 is 0. The van der Waals surface area contributed by atoms with Crippen molar-refractivity contribution in [1.29, 1.82) is 0 Å². The van der Waals surface area contributed by atoms with E-state index in [0.29, 0.717) is 0 Å². The van der Waals surface area contributed by atoms with Crippen molar-refractivity contribution in [2.45, 2.75) is 18.5 Å². The van der Waals surface area contributed by atoms with Crippen molar-refractivity contribution in [3.8, 4) is 0 Å². The van der Waals surface area contributed by atoms with Crippen LogP contribution < -0.4 is 0 Å². The largest absolute Gasteiger partial charge is 0.418 e. The number of hydrogen-bond donors (Lipinski definition) is 0. The molecule has 27 heavy (non-hydrogen) atoms.